The highest BCUT2D eigenvalue weighted by Gasteiger charge is 2.28. The molecule has 25 heavy (non-hydrogen) atoms. The summed E-state index contributed by atoms with van der Waals surface area (Å²) in [6.45, 7) is 12.6. The first-order chi connectivity index (χ1) is 10.9. The molecule has 0 aliphatic carbocycles. The molecule has 1 aromatic heterocycles. The van der Waals surface area contributed by atoms with E-state index >= 15 is 0 Å². The number of hydrogen-bond donors (Lipinski definition) is 1. The molecule has 0 saturated heterocycles. The normalized spacial score (nSPS) is 12.0. The molecule has 1 heterocycles. The molecule has 0 fully saturated rings. The first kappa shape index (κ1) is 21.4. The van der Waals surface area contributed by atoms with Gasteiger partial charge in [0.15, 0.2) is 6.54 Å². The van der Waals surface area contributed by atoms with Crippen LogP contribution in [0.25, 0.3) is 0 Å². The number of benzene rings is 1. The van der Waals surface area contributed by atoms with Crippen LogP contribution in [-0.4, -0.2) is 15.5 Å². The second-order valence-corrected chi connectivity index (χ2v) is 8.59. The molecule has 0 unspecified atom stereocenters. The van der Waals surface area contributed by atoms with Gasteiger partial charge in [0.25, 0.3) is 0 Å². The standard InChI is InChI=1S/C20H28N2O2.BrH/c1-19(2,3)15-10-14(11-16(18(15)24)20(4,5)6)17(23)12-22-9-8-21(7)13-22;/h8-11,13H,12H2,1-7H3;1H. The number of phenols is 1. The quantitative estimate of drug-likeness (QED) is 0.593. The molecule has 0 bridgehead atoms. The fourth-order valence-corrected chi connectivity index (χ4v) is 2.79. The minimum atomic E-state index is -0.236. The number of aromatic nitrogens is 2. The number of phenolic OH excluding ortho intramolecular Hbond substituents is 1. The average Bonchev–Trinajstić information content (AvgIpc) is 2.81. The zero-order valence-electron chi connectivity index (χ0n) is 16.2. The number of nitrogens with zero attached hydrogens (tertiary/aromatic N) is 2. The van der Waals surface area contributed by atoms with Gasteiger partial charge < -0.3 is 22.1 Å². The summed E-state index contributed by atoms with van der Waals surface area (Å²) in [6.07, 6.45) is 5.67. The van der Waals surface area contributed by atoms with Crippen molar-refractivity contribution in [3.05, 3.63) is 47.5 Å². The molecular formula is C20H29BrN2O2. The van der Waals surface area contributed by atoms with Crippen molar-refractivity contribution in [2.24, 2.45) is 7.05 Å². The van der Waals surface area contributed by atoms with Crippen LogP contribution in [0.2, 0.25) is 0 Å². The van der Waals surface area contributed by atoms with Crippen LogP contribution in [0.15, 0.2) is 30.9 Å². The largest absolute Gasteiger partial charge is 1.00 e. The third-order valence-corrected chi connectivity index (χ3v) is 4.20. The molecular weight excluding hydrogens is 380 g/mol. The SMILES string of the molecule is C[n+]1ccn(CC(=O)c2cc(C(C)(C)C)c(O)c(C(C)(C)C)c2)c1.[Br-]. The van der Waals surface area contributed by atoms with E-state index in [9.17, 15) is 9.90 Å². The fraction of sp³-hybridized carbons (Fsp3) is 0.500. The number of imidazole rings is 1. The van der Waals surface area contributed by atoms with Crippen molar-refractivity contribution < 1.29 is 31.4 Å². The van der Waals surface area contributed by atoms with Crippen LogP contribution in [0, 0.1) is 0 Å². The number of ketones is 1. The Morgan fingerprint density at radius 3 is 1.92 bits per heavy atom. The molecule has 0 spiro atoms. The third kappa shape index (κ3) is 4.94. The maximum atomic E-state index is 12.8. The van der Waals surface area contributed by atoms with E-state index in [2.05, 4.69) is 41.5 Å². The van der Waals surface area contributed by atoms with Crippen LogP contribution in [0.5, 0.6) is 5.75 Å². The first-order valence-corrected chi connectivity index (χ1v) is 8.32. The molecule has 0 radical (unpaired) electrons. The van der Waals surface area contributed by atoms with Gasteiger partial charge in [0.05, 0.1) is 7.05 Å². The highest BCUT2D eigenvalue weighted by atomic mass is 79.9. The van der Waals surface area contributed by atoms with Crippen molar-refractivity contribution in [3.63, 3.8) is 0 Å². The number of Topliss-reactive ketones (excluding diaryl/α,β-unsaturated/α-hetero) is 1. The summed E-state index contributed by atoms with van der Waals surface area (Å²) >= 11 is 0. The van der Waals surface area contributed by atoms with Crippen LogP contribution in [0.3, 0.4) is 0 Å². The number of halogens is 1. The topological polar surface area (TPSA) is 46.1 Å². The summed E-state index contributed by atoms with van der Waals surface area (Å²) in [5.41, 5.74) is 1.81. The van der Waals surface area contributed by atoms with Gasteiger partial charge in [-0.15, -0.1) is 0 Å². The molecule has 0 saturated carbocycles. The van der Waals surface area contributed by atoms with E-state index in [1.54, 1.807) is 0 Å². The van der Waals surface area contributed by atoms with Crippen LogP contribution in [0.4, 0.5) is 0 Å². The number of aryl methyl sites for hydroxylation is 1. The Balaban J connectivity index is 0.00000312. The van der Waals surface area contributed by atoms with Gasteiger partial charge in [-0.25, -0.2) is 9.13 Å². The monoisotopic (exact) mass is 408 g/mol. The minimum Gasteiger partial charge on any atom is -1.00 e. The molecule has 1 aromatic carbocycles. The van der Waals surface area contributed by atoms with Gasteiger partial charge in [0.2, 0.25) is 12.1 Å². The second kappa shape index (κ2) is 7.32. The third-order valence-electron chi connectivity index (χ3n) is 4.20. The van der Waals surface area contributed by atoms with Crippen molar-refractivity contribution in [2.75, 3.05) is 0 Å². The maximum absolute atomic E-state index is 12.8. The van der Waals surface area contributed by atoms with Crippen molar-refractivity contribution in [1.29, 1.82) is 0 Å². The predicted octanol–water partition coefficient (Wildman–Crippen LogP) is 0.500. The Labute approximate surface area is 161 Å². The van der Waals surface area contributed by atoms with Crippen molar-refractivity contribution in [2.45, 2.75) is 58.9 Å². The van der Waals surface area contributed by atoms with Crippen molar-refractivity contribution >= 4 is 5.78 Å². The Hall–Kier alpha value is -1.62. The van der Waals surface area contributed by atoms with Crippen LogP contribution < -0.4 is 21.5 Å². The van der Waals surface area contributed by atoms with Gasteiger partial charge in [-0.2, -0.15) is 0 Å². The Morgan fingerprint density at radius 1 is 1.08 bits per heavy atom. The van der Waals surface area contributed by atoms with Crippen LogP contribution in [-0.2, 0) is 24.4 Å². The molecule has 138 valence electrons. The predicted molar refractivity (Wildman–Crippen MR) is 95.4 cm³/mol. The van der Waals surface area contributed by atoms with Crippen LogP contribution >= 0.6 is 0 Å². The zero-order chi connectivity index (χ0) is 18.3. The van der Waals surface area contributed by atoms with Crippen LogP contribution in [0.1, 0.15) is 63.0 Å². The van der Waals surface area contributed by atoms with Gasteiger partial charge in [0, 0.05) is 16.7 Å². The smallest absolute Gasteiger partial charge is 0.243 e. The summed E-state index contributed by atoms with van der Waals surface area (Å²) in [5, 5.41) is 10.7. The lowest BCUT2D eigenvalue weighted by atomic mass is 9.78. The van der Waals surface area contributed by atoms with E-state index in [0.29, 0.717) is 17.9 Å². The minimum absolute atomic E-state index is 0. The molecule has 1 N–H and O–H groups in total. The lowest BCUT2D eigenvalue weighted by molar-refractivity contribution is -0.671. The maximum Gasteiger partial charge on any atom is 0.243 e. The van der Waals surface area contributed by atoms with E-state index in [0.717, 1.165) is 11.1 Å². The summed E-state index contributed by atoms with van der Waals surface area (Å²) in [7, 11) is 1.93. The highest BCUT2D eigenvalue weighted by molar-refractivity contribution is 5.96. The Kier molecular flexibility index (Phi) is 6.27. The molecule has 4 nitrogen and oxygen atoms in total. The Morgan fingerprint density at radius 2 is 1.56 bits per heavy atom. The number of hydrogen-bond acceptors (Lipinski definition) is 2. The molecule has 2 aromatic rings. The average molecular weight is 409 g/mol. The summed E-state index contributed by atoms with van der Waals surface area (Å²) in [6, 6.07) is 3.69. The second-order valence-electron chi connectivity index (χ2n) is 8.59. The highest BCUT2D eigenvalue weighted by Crippen LogP contribution is 2.39. The fourth-order valence-electron chi connectivity index (χ4n) is 2.79. The van der Waals surface area contributed by atoms with Crippen molar-refractivity contribution in [1.82, 2.24) is 4.57 Å². The number of rotatable bonds is 3. The molecule has 0 amide bonds. The summed E-state index contributed by atoms with van der Waals surface area (Å²) in [4.78, 5) is 12.8. The first-order valence-electron chi connectivity index (χ1n) is 8.32. The molecule has 0 aliphatic rings. The molecule has 2 rings (SSSR count). The lowest BCUT2D eigenvalue weighted by Gasteiger charge is -2.28. The van der Waals surface area contributed by atoms with E-state index in [-0.39, 0.29) is 33.6 Å². The van der Waals surface area contributed by atoms with E-state index < -0.39 is 0 Å². The van der Waals surface area contributed by atoms with E-state index in [1.807, 2.05) is 47.0 Å². The Bertz CT molecular complexity index is 730. The van der Waals surface area contributed by atoms with Gasteiger partial charge in [-0.05, 0) is 23.0 Å². The van der Waals surface area contributed by atoms with Gasteiger partial charge in [-0.3, -0.25) is 4.79 Å². The number of carbonyl (C=O) groups excluding carboxylic acids is 1. The number of aromatic hydroxyl groups is 1. The molecule has 0 atom stereocenters. The van der Waals surface area contributed by atoms with Crippen molar-refractivity contribution in [3.8, 4) is 5.75 Å². The number of carbonyl (C=O) groups is 1. The van der Waals surface area contributed by atoms with Gasteiger partial charge >= 0.3 is 0 Å². The molecule has 0 aliphatic heterocycles. The summed E-state index contributed by atoms with van der Waals surface area (Å²) in [5.74, 6) is 0.348. The lowest BCUT2D eigenvalue weighted by Crippen LogP contribution is -3.00. The molecule has 5 heteroatoms. The van der Waals surface area contributed by atoms with Gasteiger partial charge in [0.1, 0.15) is 18.1 Å². The zero-order valence-corrected chi connectivity index (χ0v) is 17.8. The van der Waals surface area contributed by atoms with E-state index in [4.69, 9.17) is 0 Å². The van der Waals surface area contributed by atoms with Gasteiger partial charge in [-0.1, -0.05) is 41.5 Å². The van der Waals surface area contributed by atoms with E-state index in [1.165, 1.54) is 0 Å². The summed E-state index contributed by atoms with van der Waals surface area (Å²) < 4.78 is 3.77.